The zero-order valence-corrected chi connectivity index (χ0v) is 13.0. The van der Waals surface area contributed by atoms with E-state index in [-0.39, 0.29) is 0 Å². The molecule has 18 heavy (non-hydrogen) atoms. The third-order valence-electron chi connectivity index (χ3n) is 4.97. The molecule has 0 aromatic carbocycles. The van der Waals surface area contributed by atoms with Gasteiger partial charge >= 0.3 is 0 Å². The summed E-state index contributed by atoms with van der Waals surface area (Å²) < 4.78 is 0. The summed E-state index contributed by atoms with van der Waals surface area (Å²) in [7, 11) is 2.16. The molecular weight excluding hydrogens is 218 g/mol. The van der Waals surface area contributed by atoms with Crippen molar-refractivity contribution >= 4 is 0 Å². The number of rotatable bonds is 9. The van der Waals surface area contributed by atoms with Gasteiger partial charge in [-0.1, -0.05) is 58.8 Å². The molecule has 1 fully saturated rings. The molecule has 0 aliphatic heterocycles. The molecule has 0 spiro atoms. The molecule has 0 amide bonds. The van der Waals surface area contributed by atoms with E-state index in [2.05, 4.69) is 26.2 Å². The van der Waals surface area contributed by atoms with Crippen LogP contribution in [0, 0.1) is 11.8 Å². The van der Waals surface area contributed by atoms with Crippen LogP contribution in [0.5, 0.6) is 0 Å². The molecule has 108 valence electrons. The third kappa shape index (κ3) is 5.73. The van der Waals surface area contributed by atoms with Gasteiger partial charge in [0.2, 0.25) is 0 Å². The van der Waals surface area contributed by atoms with Crippen molar-refractivity contribution in [3.63, 3.8) is 0 Å². The van der Waals surface area contributed by atoms with Crippen LogP contribution in [0.4, 0.5) is 0 Å². The smallest absolute Gasteiger partial charge is 0.00925 e. The fourth-order valence-electron chi connectivity index (χ4n) is 3.62. The average Bonchev–Trinajstić information content (AvgIpc) is 2.42. The Hall–Kier alpha value is -0.0400. The van der Waals surface area contributed by atoms with Gasteiger partial charge in [-0.2, -0.15) is 0 Å². The van der Waals surface area contributed by atoms with Gasteiger partial charge in [0, 0.05) is 6.04 Å². The lowest BCUT2D eigenvalue weighted by atomic mass is 9.75. The minimum Gasteiger partial charge on any atom is -0.317 e. The molecular formula is C17H35N. The van der Waals surface area contributed by atoms with Crippen molar-refractivity contribution in [2.24, 2.45) is 11.8 Å². The third-order valence-corrected chi connectivity index (χ3v) is 4.97. The topological polar surface area (TPSA) is 12.0 Å². The second-order valence-corrected chi connectivity index (χ2v) is 6.30. The summed E-state index contributed by atoms with van der Waals surface area (Å²) in [5.74, 6) is 1.97. The first-order valence-corrected chi connectivity index (χ1v) is 8.49. The van der Waals surface area contributed by atoms with Crippen molar-refractivity contribution in [2.45, 2.75) is 90.5 Å². The van der Waals surface area contributed by atoms with Crippen molar-refractivity contribution in [3.8, 4) is 0 Å². The van der Waals surface area contributed by atoms with Gasteiger partial charge in [-0.25, -0.2) is 0 Å². The summed E-state index contributed by atoms with van der Waals surface area (Å²) in [6, 6.07) is 0.809. The van der Waals surface area contributed by atoms with Gasteiger partial charge in [0.15, 0.2) is 0 Å². The maximum Gasteiger partial charge on any atom is 0.00925 e. The standard InChI is InChI=1S/C17H35N/c1-4-6-7-8-9-10-11-16-14-15(5-2)12-13-17(16)18-3/h15-18H,4-14H2,1-3H3. The Bertz CT molecular complexity index is 190. The van der Waals surface area contributed by atoms with Crippen LogP contribution >= 0.6 is 0 Å². The van der Waals surface area contributed by atoms with E-state index in [0.29, 0.717) is 0 Å². The Morgan fingerprint density at radius 3 is 2.33 bits per heavy atom. The predicted octanol–water partition coefficient (Wildman–Crippen LogP) is 5.15. The number of nitrogens with one attached hydrogen (secondary N) is 1. The van der Waals surface area contributed by atoms with E-state index in [1.54, 1.807) is 0 Å². The largest absolute Gasteiger partial charge is 0.317 e. The number of hydrogen-bond donors (Lipinski definition) is 1. The molecule has 0 aromatic heterocycles. The normalized spacial score (nSPS) is 28.5. The average molecular weight is 253 g/mol. The summed E-state index contributed by atoms with van der Waals surface area (Å²) >= 11 is 0. The van der Waals surface area contributed by atoms with E-state index in [0.717, 1.165) is 17.9 Å². The van der Waals surface area contributed by atoms with Gasteiger partial charge in [-0.3, -0.25) is 0 Å². The molecule has 1 aliphatic rings. The Morgan fingerprint density at radius 1 is 0.944 bits per heavy atom. The SMILES string of the molecule is CCCCCCCCC1CC(CC)CCC1NC. The van der Waals surface area contributed by atoms with Gasteiger partial charge in [0.25, 0.3) is 0 Å². The lowest BCUT2D eigenvalue weighted by Crippen LogP contribution is -2.38. The number of unbranched alkanes of at least 4 members (excludes halogenated alkanes) is 5. The van der Waals surface area contributed by atoms with Crippen molar-refractivity contribution in [2.75, 3.05) is 7.05 Å². The molecule has 1 nitrogen and oxygen atoms in total. The molecule has 0 aromatic rings. The quantitative estimate of drug-likeness (QED) is 0.560. The summed E-state index contributed by atoms with van der Waals surface area (Å²) in [5, 5.41) is 3.56. The zero-order chi connectivity index (χ0) is 13.2. The molecule has 3 unspecified atom stereocenters. The molecule has 0 heterocycles. The summed E-state index contributed by atoms with van der Waals surface area (Å²) in [5.41, 5.74) is 0. The van der Waals surface area contributed by atoms with Crippen LogP contribution < -0.4 is 5.32 Å². The molecule has 1 heteroatoms. The fourth-order valence-corrected chi connectivity index (χ4v) is 3.62. The van der Waals surface area contributed by atoms with Crippen LogP contribution in [0.1, 0.15) is 84.5 Å². The van der Waals surface area contributed by atoms with Gasteiger partial charge in [-0.05, 0) is 44.6 Å². The fraction of sp³-hybridized carbons (Fsp3) is 1.00. The lowest BCUT2D eigenvalue weighted by molar-refractivity contribution is 0.192. The molecule has 0 saturated heterocycles. The number of hydrogen-bond acceptors (Lipinski definition) is 1. The first kappa shape index (κ1) is 16.0. The monoisotopic (exact) mass is 253 g/mol. The van der Waals surface area contributed by atoms with Crippen LogP contribution in [0.15, 0.2) is 0 Å². The highest BCUT2D eigenvalue weighted by atomic mass is 14.9. The van der Waals surface area contributed by atoms with Crippen LogP contribution in [0.25, 0.3) is 0 Å². The van der Waals surface area contributed by atoms with E-state index in [4.69, 9.17) is 0 Å². The Balaban J connectivity index is 2.16. The molecule has 1 N–H and O–H groups in total. The summed E-state index contributed by atoms with van der Waals surface area (Å²) in [6.45, 7) is 4.66. The molecule has 0 bridgehead atoms. The minimum atomic E-state index is 0.809. The highest BCUT2D eigenvalue weighted by Crippen LogP contribution is 2.34. The van der Waals surface area contributed by atoms with E-state index in [1.807, 2.05) is 0 Å². The van der Waals surface area contributed by atoms with E-state index < -0.39 is 0 Å². The van der Waals surface area contributed by atoms with Crippen LogP contribution in [0.2, 0.25) is 0 Å². The van der Waals surface area contributed by atoms with E-state index in [1.165, 1.54) is 70.6 Å². The molecule has 3 atom stereocenters. The van der Waals surface area contributed by atoms with Gasteiger partial charge in [-0.15, -0.1) is 0 Å². The molecule has 1 rings (SSSR count). The van der Waals surface area contributed by atoms with Crippen molar-refractivity contribution < 1.29 is 0 Å². The van der Waals surface area contributed by atoms with E-state index >= 15 is 0 Å². The van der Waals surface area contributed by atoms with Crippen LogP contribution in [0.3, 0.4) is 0 Å². The van der Waals surface area contributed by atoms with Gasteiger partial charge in [0.05, 0.1) is 0 Å². The Morgan fingerprint density at radius 2 is 1.67 bits per heavy atom. The second kappa shape index (κ2) is 9.83. The predicted molar refractivity (Wildman–Crippen MR) is 82.0 cm³/mol. The zero-order valence-electron chi connectivity index (χ0n) is 13.0. The van der Waals surface area contributed by atoms with Gasteiger partial charge < -0.3 is 5.32 Å². The Kier molecular flexibility index (Phi) is 8.75. The summed E-state index contributed by atoms with van der Waals surface area (Å²) in [4.78, 5) is 0. The van der Waals surface area contributed by atoms with Crippen LogP contribution in [-0.4, -0.2) is 13.1 Å². The molecule has 1 saturated carbocycles. The summed E-state index contributed by atoms with van der Waals surface area (Å²) in [6.07, 6.45) is 15.8. The lowest BCUT2D eigenvalue weighted by Gasteiger charge is -2.36. The maximum absolute atomic E-state index is 3.56. The highest BCUT2D eigenvalue weighted by Gasteiger charge is 2.27. The molecule has 0 radical (unpaired) electrons. The van der Waals surface area contributed by atoms with Crippen molar-refractivity contribution in [1.29, 1.82) is 0 Å². The maximum atomic E-state index is 3.56. The van der Waals surface area contributed by atoms with Crippen molar-refractivity contribution in [1.82, 2.24) is 5.32 Å². The first-order chi connectivity index (χ1) is 8.81. The molecule has 1 aliphatic carbocycles. The van der Waals surface area contributed by atoms with E-state index in [9.17, 15) is 0 Å². The minimum absolute atomic E-state index is 0.809. The first-order valence-electron chi connectivity index (χ1n) is 8.49. The van der Waals surface area contributed by atoms with Gasteiger partial charge in [0.1, 0.15) is 0 Å². The second-order valence-electron chi connectivity index (χ2n) is 6.30. The highest BCUT2D eigenvalue weighted by molar-refractivity contribution is 4.83. The Labute approximate surface area is 115 Å². The van der Waals surface area contributed by atoms with Crippen LogP contribution in [-0.2, 0) is 0 Å². The van der Waals surface area contributed by atoms with Crippen molar-refractivity contribution in [3.05, 3.63) is 0 Å².